The molecule has 0 aliphatic carbocycles. The van der Waals surface area contributed by atoms with Gasteiger partial charge in [0.2, 0.25) is 0 Å². The van der Waals surface area contributed by atoms with Crippen molar-refractivity contribution in [3.05, 3.63) is 59.4 Å². The van der Waals surface area contributed by atoms with Crippen LogP contribution in [-0.2, 0) is 11.3 Å². The zero-order valence-corrected chi connectivity index (χ0v) is 10.8. The van der Waals surface area contributed by atoms with Crippen LogP contribution < -0.4 is 4.74 Å². The number of carbonyl (C=O) groups is 1. The van der Waals surface area contributed by atoms with Gasteiger partial charge in [0.05, 0.1) is 7.11 Å². The number of carbonyl (C=O) groups excluding carboxylic acids is 1. The van der Waals surface area contributed by atoms with Gasteiger partial charge >= 0.3 is 5.97 Å². The Balaban J connectivity index is 2.07. The fourth-order valence-corrected chi connectivity index (χ4v) is 1.65. The number of esters is 1. The van der Waals surface area contributed by atoms with E-state index in [1.54, 1.807) is 12.1 Å². The van der Waals surface area contributed by atoms with Crippen molar-refractivity contribution in [2.75, 3.05) is 7.11 Å². The Hall–Kier alpha value is -2.56. The summed E-state index contributed by atoms with van der Waals surface area (Å²) in [6.45, 7) is -0.197. The van der Waals surface area contributed by atoms with E-state index in [1.807, 2.05) is 0 Å². The smallest absolute Gasteiger partial charge is 0.342 e. The number of phenols is 1. The Morgan fingerprint density at radius 3 is 2.65 bits per heavy atom. The molecule has 0 amide bonds. The predicted molar refractivity (Wildman–Crippen MR) is 70.2 cm³/mol. The average molecular weight is 276 g/mol. The summed E-state index contributed by atoms with van der Waals surface area (Å²) in [6, 6.07) is 10.2. The second-order valence-corrected chi connectivity index (χ2v) is 4.05. The van der Waals surface area contributed by atoms with Crippen LogP contribution in [0.4, 0.5) is 4.39 Å². The van der Waals surface area contributed by atoms with E-state index in [0.29, 0.717) is 5.75 Å². The molecule has 1 N–H and O–H groups in total. The molecule has 0 aromatic heterocycles. The highest BCUT2D eigenvalue weighted by Crippen LogP contribution is 2.24. The molecule has 0 radical (unpaired) electrons. The van der Waals surface area contributed by atoms with Gasteiger partial charge in [-0.2, -0.15) is 0 Å². The highest BCUT2D eigenvalue weighted by Gasteiger charge is 2.14. The molecule has 0 saturated heterocycles. The SMILES string of the molecule is COc1ccc(C(=O)OCc2ccccc2F)c(O)c1. The number of aromatic hydroxyl groups is 1. The van der Waals surface area contributed by atoms with Crippen molar-refractivity contribution >= 4 is 5.97 Å². The maximum absolute atomic E-state index is 13.4. The Morgan fingerprint density at radius 1 is 1.25 bits per heavy atom. The summed E-state index contributed by atoms with van der Waals surface area (Å²) in [6.07, 6.45) is 0. The third-order valence-electron chi connectivity index (χ3n) is 2.74. The minimum atomic E-state index is -0.728. The lowest BCUT2D eigenvalue weighted by molar-refractivity contribution is 0.0465. The van der Waals surface area contributed by atoms with Crippen LogP contribution in [0.15, 0.2) is 42.5 Å². The summed E-state index contributed by atoms with van der Waals surface area (Å²) in [5.74, 6) is -0.997. The van der Waals surface area contributed by atoms with Gasteiger partial charge < -0.3 is 14.6 Å². The lowest BCUT2D eigenvalue weighted by atomic mass is 10.2. The molecule has 20 heavy (non-hydrogen) atoms. The summed E-state index contributed by atoms with van der Waals surface area (Å²) < 4.78 is 23.2. The van der Waals surface area contributed by atoms with E-state index in [1.165, 1.54) is 37.4 Å². The summed E-state index contributed by atoms with van der Waals surface area (Å²) in [7, 11) is 1.45. The number of hydrogen-bond donors (Lipinski definition) is 1. The van der Waals surface area contributed by atoms with Gasteiger partial charge in [0, 0.05) is 11.6 Å². The molecular formula is C15H13FO4. The first-order valence-corrected chi connectivity index (χ1v) is 5.89. The first kappa shape index (κ1) is 13.9. The quantitative estimate of drug-likeness (QED) is 0.872. The topological polar surface area (TPSA) is 55.8 Å². The first-order valence-electron chi connectivity index (χ1n) is 5.89. The monoisotopic (exact) mass is 276 g/mol. The van der Waals surface area contributed by atoms with E-state index in [2.05, 4.69) is 0 Å². The van der Waals surface area contributed by atoms with Crippen LogP contribution in [0.3, 0.4) is 0 Å². The lowest BCUT2D eigenvalue weighted by Crippen LogP contribution is -2.06. The number of halogens is 1. The van der Waals surface area contributed by atoms with Crippen molar-refractivity contribution in [2.24, 2.45) is 0 Å². The van der Waals surface area contributed by atoms with Crippen molar-refractivity contribution in [1.82, 2.24) is 0 Å². The van der Waals surface area contributed by atoms with E-state index < -0.39 is 11.8 Å². The molecule has 5 heteroatoms. The van der Waals surface area contributed by atoms with Gasteiger partial charge in [0.25, 0.3) is 0 Å². The van der Waals surface area contributed by atoms with E-state index >= 15 is 0 Å². The summed E-state index contributed by atoms with van der Waals surface area (Å²) >= 11 is 0. The van der Waals surface area contributed by atoms with Gasteiger partial charge in [-0.25, -0.2) is 9.18 Å². The number of benzene rings is 2. The van der Waals surface area contributed by atoms with Gasteiger partial charge in [0.1, 0.15) is 29.5 Å². The van der Waals surface area contributed by atoms with Gasteiger partial charge in [0.15, 0.2) is 0 Å². The van der Waals surface area contributed by atoms with Crippen molar-refractivity contribution < 1.29 is 23.8 Å². The standard InChI is InChI=1S/C15H13FO4/c1-19-11-6-7-12(14(17)8-11)15(18)20-9-10-4-2-3-5-13(10)16/h2-8,17H,9H2,1H3. The fourth-order valence-electron chi connectivity index (χ4n) is 1.65. The molecule has 2 aromatic carbocycles. The molecule has 0 atom stereocenters. The highest BCUT2D eigenvalue weighted by molar-refractivity contribution is 5.92. The number of ether oxygens (including phenoxy) is 2. The molecule has 0 saturated carbocycles. The zero-order valence-electron chi connectivity index (χ0n) is 10.8. The fraction of sp³-hybridized carbons (Fsp3) is 0.133. The maximum atomic E-state index is 13.4. The van der Waals surface area contributed by atoms with Crippen LogP contribution in [0.5, 0.6) is 11.5 Å². The first-order chi connectivity index (χ1) is 9.61. The van der Waals surface area contributed by atoms with Crippen LogP contribution >= 0.6 is 0 Å². The Labute approximate surface area is 115 Å². The van der Waals surface area contributed by atoms with E-state index in [-0.39, 0.29) is 23.5 Å². The number of hydrogen-bond acceptors (Lipinski definition) is 4. The minimum absolute atomic E-state index is 0.00198. The van der Waals surface area contributed by atoms with Gasteiger partial charge in [-0.1, -0.05) is 18.2 Å². The lowest BCUT2D eigenvalue weighted by Gasteiger charge is -2.08. The van der Waals surface area contributed by atoms with Crippen LogP contribution in [0.25, 0.3) is 0 Å². The summed E-state index contributed by atoms with van der Waals surface area (Å²) in [5.41, 5.74) is 0.274. The molecule has 0 aliphatic rings. The Morgan fingerprint density at radius 2 is 2.00 bits per heavy atom. The molecular weight excluding hydrogens is 263 g/mol. The van der Waals surface area contributed by atoms with Crippen molar-refractivity contribution in [1.29, 1.82) is 0 Å². The molecule has 2 aromatic rings. The zero-order chi connectivity index (χ0) is 14.5. The highest BCUT2D eigenvalue weighted by atomic mass is 19.1. The van der Waals surface area contributed by atoms with Crippen molar-refractivity contribution in [3.8, 4) is 11.5 Å². The average Bonchev–Trinajstić information content (AvgIpc) is 2.46. The number of methoxy groups -OCH3 is 1. The summed E-state index contributed by atoms with van der Waals surface area (Å²) in [4.78, 5) is 11.8. The Bertz CT molecular complexity index is 625. The number of phenolic OH excluding ortho intramolecular Hbond substituents is 1. The van der Waals surface area contributed by atoms with Crippen molar-refractivity contribution in [2.45, 2.75) is 6.61 Å². The van der Waals surface area contributed by atoms with E-state index in [0.717, 1.165) is 0 Å². The molecule has 0 fully saturated rings. The second kappa shape index (κ2) is 6.06. The molecule has 0 spiro atoms. The maximum Gasteiger partial charge on any atom is 0.342 e. The van der Waals surface area contributed by atoms with Crippen LogP contribution in [0.1, 0.15) is 15.9 Å². The third kappa shape index (κ3) is 3.06. The molecule has 0 aliphatic heterocycles. The van der Waals surface area contributed by atoms with Crippen LogP contribution in [0, 0.1) is 5.82 Å². The van der Waals surface area contributed by atoms with Gasteiger partial charge in [-0.15, -0.1) is 0 Å². The molecule has 2 rings (SSSR count). The Kier molecular flexibility index (Phi) is 4.20. The normalized spacial score (nSPS) is 10.1. The second-order valence-electron chi connectivity index (χ2n) is 4.05. The third-order valence-corrected chi connectivity index (χ3v) is 2.74. The molecule has 4 nitrogen and oxygen atoms in total. The van der Waals surface area contributed by atoms with Gasteiger partial charge in [-0.3, -0.25) is 0 Å². The number of rotatable bonds is 4. The molecule has 104 valence electrons. The largest absolute Gasteiger partial charge is 0.507 e. The van der Waals surface area contributed by atoms with E-state index in [9.17, 15) is 14.3 Å². The molecule has 0 heterocycles. The minimum Gasteiger partial charge on any atom is -0.507 e. The van der Waals surface area contributed by atoms with Crippen LogP contribution in [0.2, 0.25) is 0 Å². The predicted octanol–water partition coefficient (Wildman–Crippen LogP) is 2.90. The van der Waals surface area contributed by atoms with Gasteiger partial charge in [-0.05, 0) is 18.2 Å². The molecule has 0 unspecified atom stereocenters. The van der Waals surface area contributed by atoms with Crippen LogP contribution in [-0.4, -0.2) is 18.2 Å². The van der Waals surface area contributed by atoms with E-state index in [4.69, 9.17) is 9.47 Å². The summed E-state index contributed by atoms with van der Waals surface area (Å²) in [5, 5.41) is 9.69. The van der Waals surface area contributed by atoms with Crippen molar-refractivity contribution in [3.63, 3.8) is 0 Å². The molecule has 0 bridgehead atoms.